The number of allylic oxidation sites excluding steroid dienone is 2. The first-order valence-corrected chi connectivity index (χ1v) is 15.4. The van der Waals surface area contributed by atoms with Crippen LogP contribution in [0.1, 0.15) is 113 Å². The summed E-state index contributed by atoms with van der Waals surface area (Å²) in [7, 11) is 0. The first-order valence-electron chi connectivity index (χ1n) is 15.4. The number of aliphatic hydroxyl groups is 1. The fraction of sp³-hybridized carbons (Fsp3) is 0.848. The number of carboxylic acids is 3. The standard InChI is InChI=1S/C30H48O3.C3H4O4/c1-18-10-15-30(25(32)33)17-16-28(6)20(24(30)19(18)2)8-9-22-27(5)13-12-23(31)26(3,4)21(27)11-14-29(22,28)7;4-2(5)1-3(6)7/h8,18-19,21-24,31H,9-17H2,1-7H3,(H,32,33);1H2,(H,4,5)(H,6,7)/t18-,19+,21+,22-,23+,24+,27+,28-,29-,30+;/m1./s1. The molecule has 40 heavy (non-hydrogen) atoms. The molecule has 0 heterocycles. The van der Waals surface area contributed by atoms with Crippen LogP contribution >= 0.6 is 0 Å². The van der Waals surface area contributed by atoms with Gasteiger partial charge in [0.25, 0.3) is 0 Å². The fourth-order valence-electron chi connectivity index (χ4n) is 11.0. The topological polar surface area (TPSA) is 132 Å². The number of carbonyl (C=O) groups is 3. The van der Waals surface area contributed by atoms with Crippen molar-refractivity contribution in [3.8, 4) is 0 Å². The Morgan fingerprint density at radius 2 is 1.45 bits per heavy atom. The predicted molar refractivity (Wildman–Crippen MR) is 153 cm³/mol. The van der Waals surface area contributed by atoms with Gasteiger partial charge in [-0.3, -0.25) is 14.4 Å². The van der Waals surface area contributed by atoms with Gasteiger partial charge in [0.1, 0.15) is 6.42 Å². The van der Waals surface area contributed by atoms with Crippen molar-refractivity contribution in [3.05, 3.63) is 11.6 Å². The first kappa shape index (κ1) is 31.1. The van der Waals surface area contributed by atoms with E-state index in [1.165, 1.54) is 18.4 Å². The van der Waals surface area contributed by atoms with Gasteiger partial charge >= 0.3 is 17.9 Å². The largest absolute Gasteiger partial charge is 0.481 e. The van der Waals surface area contributed by atoms with Gasteiger partial charge in [0, 0.05) is 0 Å². The summed E-state index contributed by atoms with van der Waals surface area (Å²) in [5.41, 5.74) is 1.46. The van der Waals surface area contributed by atoms with Crippen LogP contribution in [-0.2, 0) is 14.4 Å². The Morgan fingerprint density at radius 1 is 0.825 bits per heavy atom. The lowest BCUT2D eigenvalue weighted by Gasteiger charge is -2.71. The van der Waals surface area contributed by atoms with Crippen LogP contribution in [0.15, 0.2) is 11.6 Å². The third kappa shape index (κ3) is 4.35. The molecule has 0 radical (unpaired) electrons. The van der Waals surface area contributed by atoms with Gasteiger partial charge in [0.2, 0.25) is 0 Å². The second-order valence-electron chi connectivity index (χ2n) is 15.4. The minimum atomic E-state index is -1.31. The van der Waals surface area contributed by atoms with Gasteiger partial charge in [-0.15, -0.1) is 0 Å². The van der Waals surface area contributed by atoms with E-state index in [4.69, 9.17) is 10.2 Å². The van der Waals surface area contributed by atoms with Crippen LogP contribution in [0.3, 0.4) is 0 Å². The third-order valence-electron chi connectivity index (χ3n) is 13.7. The number of aliphatic hydroxyl groups excluding tert-OH is 1. The maximum Gasteiger partial charge on any atom is 0.314 e. The molecule has 5 aliphatic rings. The molecule has 0 saturated heterocycles. The number of fused-ring (bicyclic) bond motifs is 7. The summed E-state index contributed by atoms with van der Waals surface area (Å²) < 4.78 is 0. The lowest BCUT2D eigenvalue weighted by molar-refractivity contribution is -0.206. The SMILES string of the molecule is C[C@H]1[C@H](C)CC[C@]2(C(=O)O)CC[C@]3(C)C(=CC[C@@H]4[C@@]5(C)CC[C@H](O)C(C)(C)[C@@H]5CC[C@]43C)[C@H]12.O=C(O)CC(=O)O. The van der Waals surface area contributed by atoms with Crippen molar-refractivity contribution >= 4 is 17.9 Å². The van der Waals surface area contributed by atoms with E-state index in [9.17, 15) is 24.6 Å². The summed E-state index contributed by atoms with van der Waals surface area (Å²) in [6.07, 6.45) is 10.8. The zero-order chi connectivity index (χ0) is 30.1. The molecule has 0 bridgehead atoms. The summed E-state index contributed by atoms with van der Waals surface area (Å²) in [5.74, 6) is -0.800. The number of hydrogen-bond acceptors (Lipinski definition) is 4. The lowest BCUT2D eigenvalue weighted by Crippen LogP contribution is -2.65. The smallest absolute Gasteiger partial charge is 0.314 e. The van der Waals surface area contributed by atoms with Crippen LogP contribution < -0.4 is 0 Å². The highest BCUT2D eigenvalue weighted by molar-refractivity contribution is 5.88. The van der Waals surface area contributed by atoms with Crippen molar-refractivity contribution < 1.29 is 34.8 Å². The first-order chi connectivity index (χ1) is 18.4. The van der Waals surface area contributed by atoms with E-state index in [2.05, 4.69) is 54.5 Å². The molecule has 4 saturated carbocycles. The van der Waals surface area contributed by atoms with Crippen molar-refractivity contribution in [2.24, 2.45) is 56.7 Å². The monoisotopic (exact) mass is 560 g/mol. The number of rotatable bonds is 3. The van der Waals surface area contributed by atoms with Crippen molar-refractivity contribution in [2.45, 2.75) is 119 Å². The Bertz CT molecular complexity index is 1070. The van der Waals surface area contributed by atoms with E-state index in [0.717, 1.165) is 44.9 Å². The van der Waals surface area contributed by atoms with Gasteiger partial charge in [0.15, 0.2) is 0 Å². The summed E-state index contributed by atoms with van der Waals surface area (Å²) in [4.78, 5) is 31.7. The van der Waals surface area contributed by atoms with Crippen molar-refractivity contribution in [3.63, 3.8) is 0 Å². The zero-order valence-corrected chi connectivity index (χ0v) is 25.6. The van der Waals surface area contributed by atoms with Crippen LogP contribution in [0.4, 0.5) is 0 Å². The second kappa shape index (κ2) is 10.1. The van der Waals surface area contributed by atoms with Crippen LogP contribution in [0.5, 0.6) is 0 Å². The Labute approximate surface area is 239 Å². The number of carboxylic acid groups (broad SMARTS) is 3. The maximum atomic E-state index is 12.8. The molecule has 7 heteroatoms. The third-order valence-corrected chi connectivity index (χ3v) is 13.7. The molecule has 4 N–H and O–H groups in total. The van der Waals surface area contributed by atoms with E-state index >= 15 is 0 Å². The fourth-order valence-corrected chi connectivity index (χ4v) is 11.0. The number of hydrogen-bond donors (Lipinski definition) is 4. The van der Waals surface area contributed by atoms with Crippen molar-refractivity contribution in [1.82, 2.24) is 0 Å². The predicted octanol–water partition coefficient (Wildman–Crippen LogP) is 6.64. The summed E-state index contributed by atoms with van der Waals surface area (Å²) in [5, 5.41) is 36.8. The molecular formula is C33H52O7. The van der Waals surface area contributed by atoms with Gasteiger partial charge in [-0.25, -0.2) is 0 Å². The molecule has 10 atom stereocenters. The second-order valence-corrected chi connectivity index (χ2v) is 15.4. The van der Waals surface area contributed by atoms with Crippen LogP contribution in [0.25, 0.3) is 0 Å². The highest BCUT2D eigenvalue weighted by Crippen LogP contribution is 2.75. The molecule has 5 rings (SSSR count). The number of aliphatic carboxylic acids is 3. The van der Waals surface area contributed by atoms with Gasteiger partial charge in [-0.1, -0.05) is 60.1 Å². The van der Waals surface area contributed by atoms with E-state index in [1.807, 2.05) is 0 Å². The van der Waals surface area contributed by atoms with E-state index in [0.29, 0.717) is 23.7 Å². The van der Waals surface area contributed by atoms with E-state index < -0.39 is 29.7 Å². The van der Waals surface area contributed by atoms with Gasteiger partial charge in [-0.05, 0) is 109 Å². The highest BCUT2D eigenvalue weighted by atomic mass is 16.4. The Morgan fingerprint density at radius 3 is 2.00 bits per heavy atom. The van der Waals surface area contributed by atoms with Gasteiger partial charge in [0.05, 0.1) is 11.5 Å². The summed E-state index contributed by atoms with van der Waals surface area (Å²) in [6, 6.07) is 0. The van der Waals surface area contributed by atoms with Crippen LogP contribution in [0, 0.1) is 56.7 Å². The van der Waals surface area contributed by atoms with Crippen LogP contribution in [0.2, 0.25) is 0 Å². The molecule has 5 aliphatic carbocycles. The molecule has 0 amide bonds. The van der Waals surface area contributed by atoms with E-state index in [1.54, 1.807) is 0 Å². The van der Waals surface area contributed by atoms with Crippen molar-refractivity contribution in [1.29, 1.82) is 0 Å². The van der Waals surface area contributed by atoms with E-state index in [-0.39, 0.29) is 33.7 Å². The maximum absolute atomic E-state index is 12.8. The zero-order valence-electron chi connectivity index (χ0n) is 25.6. The lowest BCUT2D eigenvalue weighted by atomic mass is 9.33. The Hall–Kier alpha value is -1.89. The molecule has 0 aliphatic heterocycles. The molecule has 0 aromatic rings. The molecule has 0 unspecified atom stereocenters. The average Bonchev–Trinajstić information content (AvgIpc) is 2.84. The minimum absolute atomic E-state index is 0.0302. The molecule has 226 valence electrons. The van der Waals surface area contributed by atoms with Crippen molar-refractivity contribution in [2.75, 3.05) is 0 Å². The van der Waals surface area contributed by atoms with Gasteiger partial charge in [-0.2, -0.15) is 0 Å². The normalized spacial score (nSPS) is 47.0. The Kier molecular flexibility index (Phi) is 7.87. The summed E-state index contributed by atoms with van der Waals surface area (Å²) in [6.45, 7) is 17.0. The molecule has 0 spiro atoms. The minimum Gasteiger partial charge on any atom is -0.481 e. The van der Waals surface area contributed by atoms with Crippen LogP contribution in [-0.4, -0.2) is 44.4 Å². The molecule has 4 fully saturated rings. The molecule has 0 aromatic carbocycles. The Balaban J connectivity index is 0.000000470. The quantitative estimate of drug-likeness (QED) is 0.225. The molecular weight excluding hydrogens is 508 g/mol. The molecule has 7 nitrogen and oxygen atoms in total. The molecule has 0 aromatic heterocycles. The van der Waals surface area contributed by atoms with Gasteiger partial charge < -0.3 is 20.4 Å². The highest BCUT2D eigenvalue weighted by Gasteiger charge is 2.69. The average molecular weight is 561 g/mol. The summed E-state index contributed by atoms with van der Waals surface area (Å²) >= 11 is 0.